The number of rotatable bonds is 4. The minimum absolute atomic E-state index is 0.629. The molecule has 3 heterocycles. The molecule has 0 unspecified atom stereocenters. The van der Waals surface area contributed by atoms with Crippen LogP contribution in [0.1, 0.15) is 0 Å². The van der Waals surface area contributed by atoms with E-state index in [1.165, 1.54) is 53.2 Å². The zero-order chi connectivity index (χ0) is 35.6. The number of benzene rings is 8. The molecule has 0 radical (unpaired) electrons. The van der Waals surface area contributed by atoms with Crippen LogP contribution in [0.5, 0.6) is 0 Å². The summed E-state index contributed by atoms with van der Waals surface area (Å²) in [4.78, 5) is 17.9. The number of thiophene rings is 1. The number of nitrogens with zero attached hydrogens (tertiary/aromatic N) is 4. The van der Waals surface area contributed by atoms with Gasteiger partial charge in [-0.25, -0.2) is 15.0 Å². The van der Waals surface area contributed by atoms with Crippen LogP contribution in [-0.4, -0.2) is 15.0 Å². The number of hydrogen-bond acceptors (Lipinski definition) is 5. The summed E-state index contributed by atoms with van der Waals surface area (Å²) in [6.07, 6.45) is 0. The summed E-state index contributed by atoms with van der Waals surface area (Å²) in [5, 5.41) is 4.92. The van der Waals surface area contributed by atoms with Crippen LogP contribution in [0.4, 0.5) is 17.1 Å². The maximum absolute atomic E-state index is 5.24. The summed E-state index contributed by atoms with van der Waals surface area (Å²) >= 11 is 1.78. The van der Waals surface area contributed by atoms with Gasteiger partial charge < -0.3 is 4.90 Å². The molecule has 0 fully saturated rings. The van der Waals surface area contributed by atoms with E-state index < -0.39 is 0 Å². The van der Waals surface area contributed by atoms with Gasteiger partial charge in [-0.15, -0.1) is 11.3 Å². The molecule has 8 aromatic carbocycles. The van der Waals surface area contributed by atoms with Crippen molar-refractivity contribution in [1.29, 1.82) is 0 Å². The molecule has 54 heavy (non-hydrogen) atoms. The fraction of sp³-hybridized carbons (Fsp3) is 0. The Labute approximate surface area is 316 Å². The minimum Gasteiger partial charge on any atom is -0.309 e. The van der Waals surface area contributed by atoms with E-state index in [0.717, 1.165) is 33.8 Å². The Hall–Kier alpha value is -6.95. The Morgan fingerprint density at radius 3 is 1.65 bits per heavy atom. The van der Waals surface area contributed by atoms with Crippen LogP contribution in [-0.2, 0) is 0 Å². The largest absolute Gasteiger partial charge is 0.309 e. The third kappa shape index (κ3) is 4.94. The first kappa shape index (κ1) is 30.7. The molecule has 0 atom stereocenters. The molecule has 0 saturated carbocycles. The highest BCUT2D eigenvalue weighted by atomic mass is 32.1. The Kier molecular flexibility index (Phi) is 7.00. The van der Waals surface area contributed by atoms with Crippen molar-refractivity contribution >= 4 is 59.3 Å². The minimum atomic E-state index is 0.629. The normalized spacial score (nSPS) is 12.0. The maximum Gasteiger partial charge on any atom is 0.165 e. The Balaban J connectivity index is 1.12. The van der Waals surface area contributed by atoms with Crippen LogP contribution >= 0.6 is 11.3 Å². The zero-order valence-corrected chi connectivity index (χ0v) is 29.8. The van der Waals surface area contributed by atoms with Crippen molar-refractivity contribution in [3.63, 3.8) is 0 Å². The number of anilines is 3. The summed E-state index contributed by atoms with van der Waals surface area (Å²) < 4.78 is 2.42. The molecule has 11 rings (SSSR count). The van der Waals surface area contributed by atoms with Gasteiger partial charge in [-0.3, -0.25) is 0 Å². The van der Waals surface area contributed by atoms with Gasteiger partial charge in [0.1, 0.15) is 0 Å². The van der Waals surface area contributed by atoms with E-state index >= 15 is 0 Å². The second-order valence-corrected chi connectivity index (χ2v) is 14.7. The van der Waals surface area contributed by atoms with Crippen LogP contribution < -0.4 is 4.90 Å². The lowest BCUT2D eigenvalue weighted by molar-refractivity contribution is 1.08. The molecule has 1 aliphatic heterocycles. The third-order valence-electron chi connectivity index (χ3n) is 10.4. The Bertz CT molecular complexity index is 2990. The first-order chi connectivity index (χ1) is 26.8. The van der Waals surface area contributed by atoms with Gasteiger partial charge in [-0.05, 0) is 70.4 Å². The van der Waals surface area contributed by atoms with Gasteiger partial charge >= 0.3 is 0 Å². The van der Waals surface area contributed by atoms with Gasteiger partial charge in [-0.1, -0.05) is 133 Å². The maximum atomic E-state index is 5.24. The second kappa shape index (κ2) is 12.3. The summed E-state index contributed by atoms with van der Waals surface area (Å²) in [6.45, 7) is 0. The van der Waals surface area contributed by atoms with Gasteiger partial charge in [0, 0.05) is 53.7 Å². The molecular weight excluding hydrogens is 677 g/mol. The first-order valence-electron chi connectivity index (χ1n) is 18.1. The molecule has 1 aliphatic rings. The molecule has 10 aromatic rings. The molecule has 0 amide bonds. The predicted octanol–water partition coefficient (Wildman–Crippen LogP) is 13.5. The van der Waals surface area contributed by atoms with E-state index in [1.807, 2.05) is 18.2 Å². The summed E-state index contributed by atoms with van der Waals surface area (Å²) in [7, 11) is 0. The van der Waals surface area contributed by atoms with Gasteiger partial charge in [0.05, 0.1) is 11.4 Å². The number of fused-ring (bicyclic) bond motifs is 9. The fourth-order valence-electron chi connectivity index (χ4n) is 7.94. The standard InChI is InChI=1S/C49H30N4S/c1-2-14-31(15-3-1)47-50-48(52-49(51-47)40-24-13-23-39-38-22-8-11-27-45(38)54-46(39)40)34-18-12-19-35(28-34)53-43-25-9-6-20-36(43)41-29-32-16-4-5-17-33(32)30-42(41)37-21-7-10-26-44(37)53/h1-30H. The van der Waals surface area contributed by atoms with Crippen molar-refractivity contribution in [2.24, 2.45) is 0 Å². The van der Waals surface area contributed by atoms with Gasteiger partial charge in [0.15, 0.2) is 17.5 Å². The van der Waals surface area contributed by atoms with Crippen LogP contribution in [0.2, 0.25) is 0 Å². The Morgan fingerprint density at radius 2 is 0.907 bits per heavy atom. The van der Waals surface area contributed by atoms with Crippen LogP contribution in [0.15, 0.2) is 182 Å². The van der Waals surface area contributed by atoms with Crippen LogP contribution in [0, 0.1) is 0 Å². The molecule has 0 spiro atoms. The molecule has 252 valence electrons. The molecular formula is C49H30N4S. The number of hydrogen-bond donors (Lipinski definition) is 0. The smallest absolute Gasteiger partial charge is 0.165 e. The first-order valence-corrected chi connectivity index (χ1v) is 18.9. The summed E-state index contributed by atoms with van der Waals surface area (Å²) in [6, 6.07) is 64.6. The van der Waals surface area contributed by atoms with Gasteiger partial charge in [0.25, 0.3) is 0 Å². The van der Waals surface area contributed by atoms with Gasteiger partial charge in [-0.2, -0.15) is 0 Å². The monoisotopic (exact) mass is 706 g/mol. The number of para-hydroxylation sites is 2. The van der Waals surface area contributed by atoms with Crippen molar-refractivity contribution in [3.05, 3.63) is 182 Å². The quantitative estimate of drug-likeness (QED) is 0.183. The van der Waals surface area contributed by atoms with Crippen LogP contribution in [0.3, 0.4) is 0 Å². The van der Waals surface area contributed by atoms with Crippen molar-refractivity contribution in [2.75, 3.05) is 4.90 Å². The highest BCUT2D eigenvalue weighted by molar-refractivity contribution is 7.26. The molecule has 4 nitrogen and oxygen atoms in total. The van der Waals surface area contributed by atoms with E-state index in [2.05, 4.69) is 169 Å². The SMILES string of the molecule is c1ccc(-c2nc(-c3cccc(N4c5ccccc5-c5cc6ccccc6cc5-c5ccccc54)c3)nc(-c3cccc4c3sc3ccccc34)n2)cc1. The van der Waals surface area contributed by atoms with Crippen molar-refractivity contribution in [2.45, 2.75) is 0 Å². The highest BCUT2D eigenvalue weighted by Gasteiger charge is 2.27. The lowest BCUT2D eigenvalue weighted by Gasteiger charge is -2.27. The average Bonchev–Trinajstić information content (AvgIpc) is 3.58. The van der Waals surface area contributed by atoms with E-state index in [-0.39, 0.29) is 0 Å². The Morgan fingerprint density at radius 1 is 0.370 bits per heavy atom. The van der Waals surface area contributed by atoms with Crippen molar-refractivity contribution in [1.82, 2.24) is 15.0 Å². The number of aromatic nitrogens is 3. The lowest BCUT2D eigenvalue weighted by atomic mass is 9.91. The molecule has 0 saturated heterocycles. The molecule has 0 N–H and O–H groups in total. The predicted molar refractivity (Wildman–Crippen MR) is 226 cm³/mol. The van der Waals surface area contributed by atoms with E-state index in [0.29, 0.717) is 17.5 Å². The topological polar surface area (TPSA) is 41.9 Å². The third-order valence-corrected chi connectivity index (χ3v) is 11.7. The fourth-order valence-corrected chi connectivity index (χ4v) is 9.15. The van der Waals surface area contributed by atoms with Crippen LogP contribution in [0.25, 0.3) is 87.4 Å². The summed E-state index contributed by atoms with van der Waals surface area (Å²) in [5.41, 5.74) is 11.0. The molecule has 0 bridgehead atoms. The van der Waals surface area contributed by atoms with E-state index in [1.54, 1.807) is 11.3 Å². The van der Waals surface area contributed by atoms with E-state index in [4.69, 9.17) is 15.0 Å². The molecule has 2 aromatic heterocycles. The highest BCUT2D eigenvalue weighted by Crippen LogP contribution is 2.51. The lowest BCUT2D eigenvalue weighted by Crippen LogP contribution is -2.11. The van der Waals surface area contributed by atoms with Gasteiger partial charge in [0.2, 0.25) is 0 Å². The zero-order valence-electron chi connectivity index (χ0n) is 29.0. The second-order valence-electron chi connectivity index (χ2n) is 13.6. The van der Waals surface area contributed by atoms with E-state index in [9.17, 15) is 0 Å². The summed E-state index contributed by atoms with van der Waals surface area (Å²) in [5.74, 6) is 1.94. The van der Waals surface area contributed by atoms with Crippen molar-refractivity contribution < 1.29 is 0 Å². The molecule has 5 heteroatoms. The molecule has 0 aliphatic carbocycles. The van der Waals surface area contributed by atoms with Crippen molar-refractivity contribution in [3.8, 4) is 56.4 Å². The average molecular weight is 707 g/mol.